The van der Waals surface area contributed by atoms with E-state index in [4.69, 9.17) is 0 Å². The lowest BCUT2D eigenvalue weighted by atomic mass is 10.0. The molecule has 0 aromatic heterocycles. The summed E-state index contributed by atoms with van der Waals surface area (Å²) in [5, 5.41) is 22.2. The molecule has 0 saturated carbocycles. The average molecular weight is 229 g/mol. The maximum Gasteiger partial charge on any atom is 0.305 e. The molecule has 1 heterocycles. The largest absolute Gasteiger partial charge is 0.507 e. The fraction of sp³-hybridized carbons (Fsp3) is 0.300. The van der Waals surface area contributed by atoms with Crippen LogP contribution in [0.4, 0.5) is 8.78 Å². The summed E-state index contributed by atoms with van der Waals surface area (Å²) < 4.78 is 24.8. The van der Waals surface area contributed by atoms with Gasteiger partial charge in [-0.05, 0) is 12.1 Å². The zero-order valence-corrected chi connectivity index (χ0v) is 8.10. The van der Waals surface area contributed by atoms with Crippen LogP contribution in [0.5, 0.6) is 5.75 Å². The second-order valence-electron chi connectivity index (χ2n) is 3.47. The van der Waals surface area contributed by atoms with E-state index in [-0.39, 0.29) is 17.0 Å². The second-order valence-corrected chi connectivity index (χ2v) is 3.47. The van der Waals surface area contributed by atoms with Crippen molar-refractivity contribution in [2.24, 2.45) is 5.16 Å². The molecule has 6 heteroatoms. The molecule has 16 heavy (non-hydrogen) atoms. The van der Waals surface area contributed by atoms with Gasteiger partial charge in [-0.1, -0.05) is 17.3 Å². The van der Waals surface area contributed by atoms with E-state index in [2.05, 4.69) is 9.99 Å². The maximum atomic E-state index is 12.4. The molecule has 2 N–H and O–H groups in total. The number of alkyl halides is 2. The highest BCUT2D eigenvalue weighted by Crippen LogP contribution is 2.32. The number of hydrogen-bond donors (Lipinski definition) is 2. The molecule has 0 unspecified atom stereocenters. The first-order valence-corrected chi connectivity index (χ1v) is 4.57. The number of phenols is 1. The Morgan fingerprint density at radius 1 is 1.38 bits per heavy atom. The molecule has 1 aliphatic rings. The summed E-state index contributed by atoms with van der Waals surface area (Å²) in [4.78, 5) is 4.31. The van der Waals surface area contributed by atoms with Crippen molar-refractivity contribution in [2.75, 3.05) is 0 Å². The third kappa shape index (κ3) is 1.71. The number of aliphatic hydroxyl groups is 1. The normalized spacial score (nSPS) is 24.4. The number of para-hydroxylation sites is 1. The van der Waals surface area contributed by atoms with E-state index in [1.165, 1.54) is 12.1 Å². The highest BCUT2D eigenvalue weighted by atomic mass is 19.3. The van der Waals surface area contributed by atoms with Crippen molar-refractivity contribution in [1.29, 1.82) is 0 Å². The Morgan fingerprint density at radius 3 is 2.62 bits per heavy atom. The molecule has 0 spiro atoms. The minimum absolute atomic E-state index is 0.0941. The molecule has 1 aliphatic heterocycles. The van der Waals surface area contributed by atoms with Gasteiger partial charge in [-0.2, -0.15) is 0 Å². The van der Waals surface area contributed by atoms with Crippen LogP contribution in [0.2, 0.25) is 0 Å². The van der Waals surface area contributed by atoms with Gasteiger partial charge in [0, 0.05) is 5.56 Å². The number of hydrogen-bond acceptors (Lipinski definition) is 4. The van der Waals surface area contributed by atoms with Gasteiger partial charge in [0.05, 0.1) is 12.1 Å². The zero-order valence-electron chi connectivity index (χ0n) is 8.10. The van der Waals surface area contributed by atoms with Crippen molar-refractivity contribution in [1.82, 2.24) is 0 Å². The quantitative estimate of drug-likeness (QED) is 0.807. The number of halogens is 2. The summed E-state index contributed by atoms with van der Waals surface area (Å²) in [6.07, 6.45) is -3.51. The standard InChI is InChI=1S/C10H9F2NO3/c11-9(12)10(15)5-7(13-16-10)6-3-1-2-4-8(6)14/h1-4,9,14-15H,5H2/t10-/m0/s1. The van der Waals surface area contributed by atoms with Crippen LogP contribution >= 0.6 is 0 Å². The molecular formula is C10H9F2NO3. The molecule has 1 aromatic rings. The maximum absolute atomic E-state index is 12.4. The van der Waals surface area contributed by atoms with Crippen molar-refractivity contribution in [3.8, 4) is 5.75 Å². The molecule has 0 aliphatic carbocycles. The van der Waals surface area contributed by atoms with Gasteiger partial charge in [-0.15, -0.1) is 0 Å². The first-order valence-electron chi connectivity index (χ1n) is 4.57. The van der Waals surface area contributed by atoms with Crippen molar-refractivity contribution < 1.29 is 23.8 Å². The zero-order chi connectivity index (χ0) is 11.8. The van der Waals surface area contributed by atoms with E-state index in [1.807, 2.05) is 0 Å². The first kappa shape index (κ1) is 10.8. The van der Waals surface area contributed by atoms with Gasteiger partial charge >= 0.3 is 12.2 Å². The topological polar surface area (TPSA) is 62.1 Å². The monoisotopic (exact) mass is 229 g/mol. The fourth-order valence-corrected chi connectivity index (χ4v) is 1.42. The molecule has 0 amide bonds. The molecular weight excluding hydrogens is 220 g/mol. The molecule has 1 atom stereocenters. The summed E-state index contributed by atoms with van der Waals surface area (Å²) in [6.45, 7) is 0. The SMILES string of the molecule is Oc1ccccc1C1=NO[C@](O)(C(F)F)C1. The third-order valence-electron chi connectivity index (χ3n) is 2.29. The van der Waals surface area contributed by atoms with Gasteiger partial charge in [0.1, 0.15) is 5.75 Å². The van der Waals surface area contributed by atoms with Crippen molar-refractivity contribution in [3.63, 3.8) is 0 Å². The smallest absolute Gasteiger partial charge is 0.305 e. The summed E-state index contributed by atoms with van der Waals surface area (Å²) in [7, 11) is 0. The number of oxime groups is 1. The lowest BCUT2D eigenvalue weighted by molar-refractivity contribution is -0.253. The first-order chi connectivity index (χ1) is 7.53. The third-order valence-corrected chi connectivity index (χ3v) is 2.29. The Balaban J connectivity index is 2.24. The Morgan fingerprint density at radius 2 is 2.06 bits per heavy atom. The van der Waals surface area contributed by atoms with E-state index in [0.29, 0.717) is 0 Å². The molecule has 1 aromatic carbocycles. The van der Waals surface area contributed by atoms with Gasteiger partial charge in [0.2, 0.25) is 0 Å². The van der Waals surface area contributed by atoms with E-state index < -0.39 is 18.6 Å². The van der Waals surface area contributed by atoms with Crippen LogP contribution in [-0.2, 0) is 4.84 Å². The number of benzene rings is 1. The predicted octanol–water partition coefficient (Wildman–Crippen LogP) is 1.47. The van der Waals surface area contributed by atoms with Gasteiger partial charge in [0.25, 0.3) is 0 Å². The summed E-state index contributed by atoms with van der Waals surface area (Å²) >= 11 is 0. The van der Waals surface area contributed by atoms with E-state index >= 15 is 0 Å². The molecule has 0 fully saturated rings. The lowest BCUT2D eigenvalue weighted by Crippen LogP contribution is -2.37. The van der Waals surface area contributed by atoms with Gasteiger partial charge in [0.15, 0.2) is 0 Å². The Kier molecular flexibility index (Phi) is 2.51. The van der Waals surface area contributed by atoms with E-state index in [9.17, 15) is 19.0 Å². The van der Waals surface area contributed by atoms with Crippen LogP contribution in [0, 0.1) is 0 Å². The Labute approximate surface area is 89.8 Å². The molecule has 0 radical (unpaired) electrons. The molecule has 0 saturated heterocycles. The van der Waals surface area contributed by atoms with Crippen molar-refractivity contribution in [2.45, 2.75) is 18.6 Å². The summed E-state index contributed by atoms with van der Waals surface area (Å²) in [5.41, 5.74) is 0.375. The average Bonchev–Trinajstić information content (AvgIpc) is 2.63. The molecule has 86 valence electrons. The number of rotatable bonds is 2. The lowest BCUT2D eigenvalue weighted by Gasteiger charge is -2.17. The van der Waals surface area contributed by atoms with Crippen molar-refractivity contribution >= 4 is 5.71 Å². The van der Waals surface area contributed by atoms with Gasteiger partial charge in [-0.25, -0.2) is 8.78 Å². The van der Waals surface area contributed by atoms with Crippen LogP contribution < -0.4 is 0 Å². The highest BCUT2D eigenvalue weighted by Gasteiger charge is 2.46. The van der Waals surface area contributed by atoms with Gasteiger partial charge in [-0.3, -0.25) is 0 Å². The Bertz CT molecular complexity index is 436. The number of phenolic OH excluding ortho intramolecular Hbond substituents is 1. The summed E-state index contributed by atoms with van der Waals surface area (Å²) in [6, 6.07) is 6.12. The highest BCUT2D eigenvalue weighted by molar-refractivity contribution is 6.03. The number of aromatic hydroxyl groups is 1. The van der Waals surface area contributed by atoms with Crippen LogP contribution in [0.25, 0.3) is 0 Å². The van der Waals surface area contributed by atoms with E-state index in [0.717, 1.165) is 0 Å². The Hall–Kier alpha value is -1.69. The number of nitrogens with zero attached hydrogens (tertiary/aromatic N) is 1. The van der Waals surface area contributed by atoms with Crippen LogP contribution in [0.3, 0.4) is 0 Å². The van der Waals surface area contributed by atoms with E-state index in [1.54, 1.807) is 12.1 Å². The minimum atomic E-state index is -3.06. The van der Waals surface area contributed by atoms with Crippen LogP contribution in [-0.4, -0.2) is 28.1 Å². The predicted molar refractivity (Wildman–Crippen MR) is 51.3 cm³/mol. The second kappa shape index (κ2) is 3.71. The summed E-state index contributed by atoms with van der Waals surface area (Å²) in [5.74, 6) is -2.68. The van der Waals surface area contributed by atoms with Crippen LogP contribution in [0.15, 0.2) is 29.4 Å². The van der Waals surface area contributed by atoms with Gasteiger partial charge < -0.3 is 15.1 Å². The molecule has 4 nitrogen and oxygen atoms in total. The van der Waals surface area contributed by atoms with Crippen molar-refractivity contribution in [3.05, 3.63) is 29.8 Å². The molecule has 0 bridgehead atoms. The van der Waals surface area contributed by atoms with Crippen LogP contribution in [0.1, 0.15) is 12.0 Å². The fourth-order valence-electron chi connectivity index (χ4n) is 1.42. The molecule has 2 rings (SSSR count). The minimum Gasteiger partial charge on any atom is -0.507 e.